The Labute approximate surface area is 199 Å². The number of fused-ring (bicyclic) bond motifs is 1. The van der Waals surface area contributed by atoms with Crippen LogP contribution in [-0.2, 0) is 14.4 Å². The summed E-state index contributed by atoms with van der Waals surface area (Å²) >= 11 is 0. The van der Waals surface area contributed by atoms with Gasteiger partial charge in [-0.05, 0) is 31.7 Å². The number of aliphatic imine (C=N–C) groups is 1. The van der Waals surface area contributed by atoms with Crippen molar-refractivity contribution in [1.82, 2.24) is 10.6 Å². The number of rotatable bonds is 6. The van der Waals surface area contributed by atoms with E-state index >= 15 is 0 Å². The third-order valence-corrected chi connectivity index (χ3v) is 6.54. The second-order valence-electron chi connectivity index (χ2n) is 8.89. The fourth-order valence-electron chi connectivity index (χ4n) is 4.55. The van der Waals surface area contributed by atoms with Crippen LogP contribution in [0.15, 0.2) is 59.6 Å². The van der Waals surface area contributed by atoms with Crippen LogP contribution in [0.1, 0.15) is 43.7 Å². The van der Waals surface area contributed by atoms with Gasteiger partial charge in [0, 0.05) is 18.2 Å². The molecule has 2 aromatic carbocycles. The number of carbonyl (C=O) groups is 3. The fraction of sp³-hybridized carbons (Fsp3) is 0.385. The quantitative estimate of drug-likeness (QED) is 0.610. The summed E-state index contributed by atoms with van der Waals surface area (Å²) in [6, 6.07) is 16.0. The van der Waals surface area contributed by atoms with Crippen LogP contribution in [0.2, 0.25) is 0 Å². The van der Waals surface area contributed by atoms with Crippen LogP contribution in [-0.4, -0.2) is 53.9 Å². The van der Waals surface area contributed by atoms with Crippen LogP contribution in [0.25, 0.3) is 0 Å². The van der Waals surface area contributed by atoms with E-state index in [9.17, 15) is 19.5 Å². The summed E-state index contributed by atoms with van der Waals surface area (Å²) in [6.07, 6.45) is 1.28. The lowest BCUT2D eigenvalue weighted by Crippen LogP contribution is -2.54. The molecule has 2 aliphatic rings. The SMILES string of the molecule is CC(NC(=O)C(O)C1CCCC1)C(=O)NC1N=C(c2ccccc2)c2ccccc2N(C)C1=O. The zero-order chi connectivity index (χ0) is 24.2. The molecular weight excluding hydrogens is 432 g/mol. The van der Waals surface area contributed by atoms with Crippen LogP contribution in [0.3, 0.4) is 0 Å². The van der Waals surface area contributed by atoms with Crippen molar-refractivity contribution in [2.24, 2.45) is 10.9 Å². The number of aliphatic hydroxyl groups excluding tert-OH is 1. The van der Waals surface area contributed by atoms with Crippen LogP contribution >= 0.6 is 0 Å². The monoisotopic (exact) mass is 462 g/mol. The molecule has 8 heteroatoms. The molecule has 0 radical (unpaired) electrons. The number of benzodiazepines with no additional fused rings is 1. The molecular formula is C26H30N4O4. The standard InChI is InChI=1S/C26H30N4O4/c1-16(27-25(33)22(31)18-12-6-7-13-18)24(32)29-23-26(34)30(2)20-15-9-8-14-19(20)21(28-23)17-10-4-3-5-11-17/h3-5,8-11,14-16,18,22-23,31H,6-7,12-13H2,1-2H3,(H,27,33)(H,29,32). The second-order valence-corrected chi connectivity index (χ2v) is 8.89. The van der Waals surface area contributed by atoms with Crippen molar-refractivity contribution in [3.8, 4) is 0 Å². The van der Waals surface area contributed by atoms with Gasteiger partial charge in [0.1, 0.15) is 12.1 Å². The topological polar surface area (TPSA) is 111 Å². The maximum absolute atomic E-state index is 13.2. The first-order valence-corrected chi connectivity index (χ1v) is 11.7. The number of para-hydroxylation sites is 1. The predicted octanol–water partition coefficient (Wildman–Crippen LogP) is 2.00. The van der Waals surface area contributed by atoms with Gasteiger partial charge in [-0.15, -0.1) is 0 Å². The van der Waals surface area contributed by atoms with Gasteiger partial charge in [0.2, 0.25) is 18.0 Å². The number of hydrogen-bond donors (Lipinski definition) is 3. The molecule has 4 rings (SSSR count). The van der Waals surface area contributed by atoms with Gasteiger partial charge in [0.25, 0.3) is 5.91 Å². The van der Waals surface area contributed by atoms with E-state index in [-0.39, 0.29) is 5.92 Å². The summed E-state index contributed by atoms with van der Waals surface area (Å²) in [6.45, 7) is 1.52. The van der Waals surface area contributed by atoms with Gasteiger partial charge >= 0.3 is 0 Å². The van der Waals surface area contributed by atoms with Gasteiger partial charge in [0.15, 0.2) is 0 Å². The highest BCUT2D eigenvalue weighted by molar-refractivity contribution is 6.20. The van der Waals surface area contributed by atoms with Gasteiger partial charge in [-0.25, -0.2) is 4.99 Å². The number of nitrogens with one attached hydrogen (secondary N) is 2. The molecule has 0 aromatic heterocycles. The van der Waals surface area contributed by atoms with E-state index in [1.165, 1.54) is 11.8 Å². The molecule has 178 valence electrons. The lowest BCUT2D eigenvalue weighted by atomic mass is 10.00. The molecule has 0 spiro atoms. The molecule has 2 aromatic rings. The van der Waals surface area contributed by atoms with Crippen molar-refractivity contribution < 1.29 is 19.5 Å². The summed E-state index contributed by atoms with van der Waals surface area (Å²) in [7, 11) is 1.65. The van der Waals surface area contributed by atoms with Gasteiger partial charge in [0.05, 0.1) is 11.4 Å². The Kier molecular flexibility index (Phi) is 7.07. The molecule has 3 unspecified atom stereocenters. The minimum Gasteiger partial charge on any atom is -0.383 e. The van der Waals surface area contributed by atoms with Gasteiger partial charge in [-0.3, -0.25) is 14.4 Å². The molecule has 34 heavy (non-hydrogen) atoms. The Morgan fingerprint density at radius 1 is 1.03 bits per heavy atom. The first-order valence-electron chi connectivity index (χ1n) is 11.7. The number of aliphatic hydroxyl groups is 1. The van der Waals surface area contributed by atoms with Crippen molar-refractivity contribution in [2.75, 3.05) is 11.9 Å². The Hall–Kier alpha value is -3.52. The summed E-state index contributed by atoms with van der Waals surface area (Å²) in [5.74, 6) is -1.60. The Balaban J connectivity index is 1.55. The van der Waals surface area contributed by atoms with Crippen LogP contribution in [0, 0.1) is 5.92 Å². The fourth-order valence-corrected chi connectivity index (χ4v) is 4.55. The van der Waals surface area contributed by atoms with Crippen molar-refractivity contribution in [3.63, 3.8) is 0 Å². The number of anilines is 1. The number of benzene rings is 2. The molecule has 3 atom stereocenters. The number of amides is 3. The minimum atomic E-state index is -1.17. The van der Waals surface area contributed by atoms with E-state index in [4.69, 9.17) is 0 Å². The lowest BCUT2D eigenvalue weighted by Gasteiger charge is -2.23. The maximum atomic E-state index is 13.2. The van der Waals surface area contributed by atoms with Gasteiger partial charge in [-0.2, -0.15) is 0 Å². The molecule has 0 saturated heterocycles. The van der Waals surface area contributed by atoms with Gasteiger partial charge < -0.3 is 20.6 Å². The number of likely N-dealkylation sites (N-methyl/N-ethyl adjacent to an activating group) is 1. The summed E-state index contributed by atoms with van der Waals surface area (Å²) < 4.78 is 0. The zero-order valence-corrected chi connectivity index (χ0v) is 19.4. The average Bonchev–Trinajstić information content (AvgIpc) is 3.37. The van der Waals surface area contributed by atoms with E-state index in [0.29, 0.717) is 11.4 Å². The van der Waals surface area contributed by atoms with E-state index in [1.54, 1.807) is 7.05 Å². The first kappa shape index (κ1) is 23.6. The van der Waals surface area contributed by atoms with E-state index in [0.717, 1.165) is 36.8 Å². The third kappa shape index (κ3) is 4.87. The third-order valence-electron chi connectivity index (χ3n) is 6.54. The molecule has 1 heterocycles. The summed E-state index contributed by atoms with van der Waals surface area (Å²) in [5.41, 5.74) is 2.88. The number of nitrogens with zero attached hydrogens (tertiary/aromatic N) is 2. The molecule has 3 amide bonds. The van der Waals surface area contributed by atoms with Crippen molar-refractivity contribution in [3.05, 3.63) is 65.7 Å². The predicted molar refractivity (Wildman–Crippen MR) is 129 cm³/mol. The molecule has 1 fully saturated rings. The molecule has 8 nitrogen and oxygen atoms in total. The van der Waals surface area contributed by atoms with Gasteiger partial charge in [-0.1, -0.05) is 61.4 Å². The Morgan fingerprint density at radius 2 is 1.68 bits per heavy atom. The summed E-state index contributed by atoms with van der Waals surface area (Å²) in [5, 5.41) is 15.6. The maximum Gasteiger partial charge on any atom is 0.272 e. The Bertz CT molecular complexity index is 1090. The van der Waals surface area contributed by atoms with Crippen molar-refractivity contribution >= 4 is 29.1 Å². The van der Waals surface area contributed by atoms with Crippen LogP contribution in [0.5, 0.6) is 0 Å². The first-order chi connectivity index (χ1) is 16.4. The zero-order valence-electron chi connectivity index (χ0n) is 19.4. The van der Waals surface area contributed by atoms with E-state index in [1.807, 2.05) is 54.6 Å². The normalized spacial score (nSPS) is 20.1. The van der Waals surface area contributed by atoms with E-state index in [2.05, 4.69) is 15.6 Å². The Morgan fingerprint density at radius 3 is 2.38 bits per heavy atom. The van der Waals surface area contributed by atoms with Crippen molar-refractivity contribution in [2.45, 2.75) is 50.9 Å². The van der Waals surface area contributed by atoms with Crippen LogP contribution < -0.4 is 15.5 Å². The molecule has 1 aliphatic carbocycles. The highest BCUT2D eigenvalue weighted by Crippen LogP contribution is 2.28. The number of carbonyl (C=O) groups excluding carboxylic acids is 3. The smallest absolute Gasteiger partial charge is 0.272 e. The summed E-state index contributed by atoms with van der Waals surface area (Å²) in [4.78, 5) is 44.7. The largest absolute Gasteiger partial charge is 0.383 e. The highest BCUT2D eigenvalue weighted by Gasteiger charge is 2.34. The lowest BCUT2D eigenvalue weighted by molar-refractivity contribution is -0.136. The number of hydrogen-bond acceptors (Lipinski definition) is 5. The second kappa shape index (κ2) is 10.2. The molecule has 0 bridgehead atoms. The highest BCUT2D eigenvalue weighted by atomic mass is 16.3. The molecule has 1 aliphatic heterocycles. The average molecular weight is 463 g/mol. The van der Waals surface area contributed by atoms with E-state index < -0.39 is 36.0 Å². The van der Waals surface area contributed by atoms with Crippen molar-refractivity contribution in [1.29, 1.82) is 0 Å². The van der Waals surface area contributed by atoms with Crippen LogP contribution in [0.4, 0.5) is 5.69 Å². The molecule has 1 saturated carbocycles. The molecule has 3 N–H and O–H groups in total. The minimum absolute atomic E-state index is 0.0797.